The summed E-state index contributed by atoms with van der Waals surface area (Å²) in [4.78, 5) is 14.4. The number of aryl methyl sites for hydroxylation is 1. The summed E-state index contributed by atoms with van der Waals surface area (Å²) in [6, 6.07) is 0. The maximum absolute atomic E-state index is 12.5. The molecule has 21 heavy (non-hydrogen) atoms. The predicted molar refractivity (Wildman–Crippen MR) is 79.6 cm³/mol. The largest absolute Gasteiger partial charge is 0.377 e. The number of hydrogen-bond acceptors (Lipinski definition) is 4. The van der Waals surface area contributed by atoms with Crippen LogP contribution in [-0.2, 0) is 23.1 Å². The fourth-order valence-electron chi connectivity index (χ4n) is 2.67. The zero-order valence-electron chi connectivity index (χ0n) is 13.3. The van der Waals surface area contributed by atoms with Crippen LogP contribution in [0.5, 0.6) is 0 Å². The molecule has 1 aliphatic rings. The molecule has 0 aromatic carbocycles. The topological polar surface area (TPSA) is 60.2 Å². The Balaban J connectivity index is 2.21. The highest BCUT2D eigenvalue weighted by Crippen LogP contribution is 2.29. The summed E-state index contributed by atoms with van der Waals surface area (Å²) in [6.07, 6.45) is 1.73. The summed E-state index contributed by atoms with van der Waals surface area (Å²) in [5, 5.41) is 8.28. The molecule has 0 saturated heterocycles. The number of amides is 1. The van der Waals surface area contributed by atoms with Crippen molar-refractivity contribution in [3.05, 3.63) is 24.0 Å². The van der Waals surface area contributed by atoms with Gasteiger partial charge in [0, 0.05) is 24.9 Å². The molecular weight excluding hydrogens is 268 g/mol. The molecule has 0 fully saturated rings. The molecule has 2 rings (SSSR count). The molecule has 0 saturated carbocycles. The quantitative estimate of drug-likeness (QED) is 0.623. The molecule has 2 heterocycles. The molecule has 1 atom stereocenters. The second-order valence-electron chi connectivity index (χ2n) is 6.50. The maximum atomic E-state index is 12.5. The lowest BCUT2D eigenvalue weighted by Gasteiger charge is -2.35. The van der Waals surface area contributed by atoms with Crippen molar-refractivity contribution in [3.63, 3.8) is 0 Å². The van der Waals surface area contributed by atoms with Crippen molar-refractivity contribution in [2.75, 3.05) is 19.8 Å². The number of fused-ring (bicyclic) bond motifs is 1. The van der Waals surface area contributed by atoms with E-state index in [-0.39, 0.29) is 11.8 Å². The van der Waals surface area contributed by atoms with Crippen LogP contribution in [-0.4, -0.2) is 45.6 Å². The second kappa shape index (κ2) is 5.97. The van der Waals surface area contributed by atoms with Gasteiger partial charge in [-0.05, 0) is 0 Å². The van der Waals surface area contributed by atoms with Gasteiger partial charge in [-0.1, -0.05) is 32.1 Å². The lowest BCUT2D eigenvalue weighted by atomic mass is 9.91. The molecule has 1 unspecified atom stereocenters. The first-order chi connectivity index (χ1) is 9.84. The van der Waals surface area contributed by atoms with Crippen molar-refractivity contribution in [3.8, 4) is 0 Å². The first-order valence-corrected chi connectivity index (χ1v) is 7.21. The summed E-state index contributed by atoms with van der Waals surface area (Å²) in [5.41, 5.74) is 1.54. The SMILES string of the molecule is C=CCOCC1CN(C(=O)C(C)(C)C)Cc2nnn(C)c21. The molecule has 0 N–H and O–H groups in total. The van der Waals surface area contributed by atoms with Crippen LogP contribution in [0.4, 0.5) is 0 Å². The third-order valence-corrected chi connectivity index (χ3v) is 3.60. The Kier molecular flexibility index (Phi) is 4.46. The van der Waals surface area contributed by atoms with E-state index in [1.165, 1.54) is 0 Å². The van der Waals surface area contributed by atoms with Crippen LogP contribution >= 0.6 is 0 Å². The molecule has 1 amide bonds. The number of aromatic nitrogens is 3. The average molecular weight is 292 g/mol. The highest BCUT2D eigenvalue weighted by atomic mass is 16.5. The minimum atomic E-state index is -0.397. The van der Waals surface area contributed by atoms with Gasteiger partial charge in [0.25, 0.3) is 0 Å². The zero-order valence-corrected chi connectivity index (χ0v) is 13.3. The molecular formula is C15H24N4O2. The van der Waals surface area contributed by atoms with Gasteiger partial charge >= 0.3 is 0 Å². The van der Waals surface area contributed by atoms with Crippen LogP contribution < -0.4 is 0 Å². The van der Waals surface area contributed by atoms with Gasteiger partial charge < -0.3 is 9.64 Å². The Morgan fingerprint density at radius 1 is 1.52 bits per heavy atom. The Morgan fingerprint density at radius 3 is 2.86 bits per heavy atom. The molecule has 6 nitrogen and oxygen atoms in total. The number of carbonyl (C=O) groups excluding carboxylic acids is 1. The summed E-state index contributed by atoms with van der Waals surface area (Å²) in [5.74, 6) is 0.229. The summed E-state index contributed by atoms with van der Waals surface area (Å²) in [7, 11) is 1.88. The van der Waals surface area contributed by atoms with Crippen LogP contribution in [0.15, 0.2) is 12.7 Å². The first-order valence-electron chi connectivity index (χ1n) is 7.21. The fraction of sp³-hybridized carbons (Fsp3) is 0.667. The average Bonchev–Trinajstić information content (AvgIpc) is 2.79. The first kappa shape index (κ1) is 15.7. The minimum absolute atomic E-state index is 0.0972. The normalized spacial score (nSPS) is 18.5. The molecule has 1 aromatic rings. The monoisotopic (exact) mass is 292 g/mol. The Hall–Kier alpha value is -1.69. The van der Waals surface area contributed by atoms with E-state index in [1.54, 1.807) is 10.8 Å². The van der Waals surface area contributed by atoms with Crippen molar-refractivity contribution < 1.29 is 9.53 Å². The number of ether oxygens (including phenoxy) is 1. The van der Waals surface area contributed by atoms with Crippen molar-refractivity contribution in [1.29, 1.82) is 0 Å². The number of nitrogens with zero attached hydrogens (tertiary/aromatic N) is 4. The molecule has 116 valence electrons. The van der Waals surface area contributed by atoms with Crippen molar-refractivity contribution in [2.24, 2.45) is 12.5 Å². The molecule has 0 spiro atoms. The molecule has 0 bridgehead atoms. The number of carbonyl (C=O) groups is 1. The Labute approximate surface area is 125 Å². The summed E-state index contributed by atoms with van der Waals surface area (Å²) < 4.78 is 7.38. The molecule has 0 radical (unpaired) electrons. The van der Waals surface area contributed by atoms with Gasteiger partial charge in [-0.3, -0.25) is 9.48 Å². The zero-order chi connectivity index (χ0) is 15.6. The van der Waals surface area contributed by atoms with Crippen molar-refractivity contribution >= 4 is 5.91 Å². The summed E-state index contributed by atoms with van der Waals surface area (Å²) in [6.45, 7) is 11.7. The number of rotatable bonds is 4. The smallest absolute Gasteiger partial charge is 0.228 e. The van der Waals surface area contributed by atoms with E-state index in [0.29, 0.717) is 26.3 Å². The van der Waals surface area contributed by atoms with Crippen molar-refractivity contribution in [1.82, 2.24) is 19.9 Å². The van der Waals surface area contributed by atoms with Crippen LogP contribution in [0.2, 0.25) is 0 Å². The van der Waals surface area contributed by atoms with Gasteiger partial charge in [0.2, 0.25) is 5.91 Å². The van der Waals surface area contributed by atoms with Gasteiger partial charge in [0.1, 0.15) is 5.69 Å². The van der Waals surface area contributed by atoms with E-state index in [1.807, 2.05) is 32.7 Å². The van der Waals surface area contributed by atoms with Gasteiger partial charge in [-0.25, -0.2) is 0 Å². The Bertz CT molecular complexity index is 530. The number of hydrogen-bond donors (Lipinski definition) is 0. The van der Waals surface area contributed by atoms with Crippen LogP contribution in [0.25, 0.3) is 0 Å². The maximum Gasteiger partial charge on any atom is 0.228 e. The van der Waals surface area contributed by atoms with E-state index in [9.17, 15) is 4.79 Å². The van der Waals surface area contributed by atoms with E-state index in [4.69, 9.17) is 4.74 Å². The fourth-order valence-corrected chi connectivity index (χ4v) is 2.67. The standard InChI is InChI=1S/C15H24N4O2/c1-6-7-21-10-11-8-19(14(20)15(2,3)4)9-12-13(11)18(5)17-16-12/h6,11H,1,7-10H2,2-5H3. The van der Waals surface area contributed by atoms with E-state index in [2.05, 4.69) is 16.9 Å². The summed E-state index contributed by atoms with van der Waals surface area (Å²) >= 11 is 0. The second-order valence-corrected chi connectivity index (χ2v) is 6.50. The van der Waals surface area contributed by atoms with E-state index >= 15 is 0 Å². The van der Waals surface area contributed by atoms with Crippen LogP contribution in [0.1, 0.15) is 38.1 Å². The lowest BCUT2D eigenvalue weighted by molar-refractivity contribution is -0.141. The van der Waals surface area contributed by atoms with Gasteiger partial charge in [0.15, 0.2) is 0 Å². The minimum Gasteiger partial charge on any atom is -0.377 e. The predicted octanol–water partition coefficient (Wildman–Crippen LogP) is 1.49. The van der Waals surface area contributed by atoms with Crippen LogP contribution in [0, 0.1) is 5.41 Å². The molecule has 1 aromatic heterocycles. The van der Waals surface area contributed by atoms with E-state index < -0.39 is 5.41 Å². The van der Waals surface area contributed by atoms with Gasteiger partial charge in [-0.15, -0.1) is 11.7 Å². The molecule has 1 aliphatic heterocycles. The van der Waals surface area contributed by atoms with Gasteiger partial charge in [0.05, 0.1) is 25.5 Å². The lowest BCUT2D eigenvalue weighted by Crippen LogP contribution is -2.45. The third-order valence-electron chi connectivity index (χ3n) is 3.60. The van der Waals surface area contributed by atoms with Crippen LogP contribution in [0.3, 0.4) is 0 Å². The molecule has 0 aliphatic carbocycles. The third kappa shape index (κ3) is 3.32. The molecule has 6 heteroatoms. The van der Waals surface area contributed by atoms with Crippen molar-refractivity contribution in [2.45, 2.75) is 33.2 Å². The highest BCUT2D eigenvalue weighted by molar-refractivity contribution is 5.81. The van der Waals surface area contributed by atoms with Gasteiger partial charge in [-0.2, -0.15) is 0 Å². The highest BCUT2D eigenvalue weighted by Gasteiger charge is 2.36. The van der Waals surface area contributed by atoms with E-state index in [0.717, 1.165) is 11.4 Å². The Morgan fingerprint density at radius 2 is 2.24 bits per heavy atom.